The van der Waals surface area contributed by atoms with E-state index in [1.165, 1.54) is 13.4 Å². The van der Waals surface area contributed by atoms with Crippen molar-refractivity contribution in [2.45, 2.75) is 13.0 Å². The van der Waals surface area contributed by atoms with Crippen LogP contribution >= 0.6 is 0 Å². The molecule has 1 aromatic carbocycles. The number of rotatable bonds is 7. The fourth-order valence-corrected chi connectivity index (χ4v) is 2.14. The third kappa shape index (κ3) is 3.86. The number of aliphatic hydroxyl groups is 1. The maximum Gasteiger partial charge on any atom is 0.374 e. The van der Waals surface area contributed by atoms with Gasteiger partial charge in [0.25, 0.3) is 0 Å². The Bertz CT molecular complexity index is 565. The Hall–Kier alpha value is -2.27. The molecule has 5 heteroatoms. The third-order valence-corrected chi connectivity index (χ3v) is 3.19. The molecule has 0 bridgehead atoms. The van der Waals surface area contributed by atoms with Gasteiger partial charge in [0, 0.05) is 30.9 Å². The van der Waals surface area contributed by atoms with Crippen LogP contribution < -0.4 is 4.90 Å². The number of para-hydroxylation sites is 1. The van der Waals surface area contributed by atoms with Gasteiger partial charge in [-0.2, -0.15) is 0 Å². The van der Waals surface area contributed by atoms with Gasteiger partial charge in [-0.3, -0.25) is 0 Å². The maximum absolute atomic E-state index is 11.7. The van der Waals surface area contributed by atoms with Crippen LogP contribution in [-0.4, -0.2) is 31.3 Å². The third-order valence-electron chi connectivity index (χ3n) is 3.19. The quantitative estimate of drug-likeness (QED) is 0.793. The van der Waals surface area contributed by atoms with Crippen molar-refractivity contribution in [2.75, 3.05) is 25.2 Å². The number of benzene rings is 1. The second-order valence-electron chi connectivity index (χ2n) is 4.60. The van der Waals surface area contributed by atoms with Crippen LogP contribution in [0.4, 0.5) is 5.69 Å². The van der Waals surface area contributed by atoms with Gasteiger partial charge in [-0.1, -0.05) is 18.2 Å². The molecule has 21 heavy (non-hydrogen) atoms. The number of aliphatic hydroxyl groups excluding tert-OH is 1. The first kappa shape index (κ1) is 15.1. The fourth-order valence-electron chi connectivity index (χ4n) is 2.14. The van der Waals surface area contributed by atoms with Gasteiger partial charge in [-0.15, -0.1) is 0 Å². The van der Waals surface area contributed by atoms with Crippen molar-refractivity contribution in [3.8, 4) is 0 Å². The van der Waals surface area contributed by atoms with E-state index >= 15 is 0 Å². The predicted octanol–water partition coefficient (Wildman–Crippen LogP) is 2.46. The molecule has 0 radical (unpaired) electrons. The van der Waals surface area contributed by atoms with Gasteiger partial charge in [0.15, 0.2) is 0 Å². The van der Waals surface area contributed by atoms with Crippen molar-refractivity contribution in [3.63, 3.8) is 0 Å². The Labute approximate surface area is 123 Å². The number of hydrogen-bond donors (Lipinski definition) is 1. The van der Waals surface area contributed by atoms with Gasteiger partial charge in [0.2, 0.25) is 5.76 Å². The smallest absolute Gasteiger partial charge is 0.374 e. The summed E-state index contributed by atoms with van der Waals surface area (Å²) < 4.78 is 9.92. The summed E-state index contributed by atoms with van der Waals surface area (Å²) in [6.45, 7) is 1.33. The first-order valence-corrected chi connectivity index (χ1v) is 6.81. The van der Waals surface area contributed by atoms with Crippen LogP contribution in [0.15, 0.2) is 47.1 Å². The first-order chi connectivity index (χ1) is 10.3. The molecule has 0 fully saturated rings. The lowest BCUT2D eigenvalue weighted by atomic mass is 10.2. The number of methoxy groups -OCH3 is 1. The van der Waals surface area contributed by atoms with E-state index in [1.807, 2.05) is 30.3 Å². The highest BCUT2D eigenvalue weighted by Gasteiger charge is 2.18. The van der Waals surface area contributed by atoms with Gasteiger partial charge in [-0.05, 0) is 24.6 Å². The minimum Gasteiger partial charge on any atom is -0.463 e. The molecule has 1 aromatic heterocycles. The predicted molar refractivity (Wildman–Crippen MR) is 79.2 cm³/mol. The number of nitrogens with zero attached hydrogens (tertiary/aromatic N) is 1. The summed E-state index contributed by atoms with van der Waals surface area (Å²) in [5, 5.41) is 9.05. The van der Waals surface area contributed by atoms with E-state index in [4.69, 9.17) is 14.3 Å². The molecule has 1 N–H and O–H groups in total. The van der Waals surface area contributed by atoms with Crippen molar-refractivity contribution in [2.24, 2.45) is 0 Å². The average Bonchev–Trinajstić information content (AvgIpc) is 2.99. The highest BCUT2D eigenvalue weighted by atomic mass is 16.5. The lowest BCUT2D eigenvalue weighted by molar-refractivity contribution is 0.0563. The van der Waals surface area contributed by atoms with Gasteiger partial charge >= 0.3 is 5.97 Å². The number of esters is 1. The van der Waals surface area contributed by atoms with E-state index in [0.29, 0.717) is 19.5 Å². The van der Waals surface area contributed by atoms with Crippen LogP contribution in [0.1, 0.15) is 22.5 Å². The molecule has 0 unspecified atom stereocenters. The van der Waals surface area contributed by atoms with Crippen LogP contribution in [0, 0.1) is 0 Å². The van der Waals surface area contributed by atoms with Gasteiger partial charge < -0.3 is 19.2 Å². The van der Waals surface area contributed by atoms with E-state index in [1.54, 1.807) is 6.07 Å². The van der Waals surface area contributed by atoms with Crippen molar-refractivity contribution >= 4 is 11.7 Å². The largest absolute Gasteiger partial charge is 0.463 e. The number of anilines is 1. The molecule has 0 saturated carbocycles. The minimum atomic E-state index is -0.481. The number of carbonyl (C=O) groups is 1. The first-order valence-electron chi connectivity index (χ1n) is 6.81. The lowest BCUT2D eigenvalue weighted by Gasteiger charge is -2.24. The average molecular weight is 289 g/mol. The maximum atomic E-state index is 11.7. The zero-order valence-electron chi connectivity index (χ0n) is 12.0. The Morgan fingerprint density at radius 3 is 2.71 bits per heavy atom. The second kappa shape index (κ2) is 7.50. The molecule has 0 spiro atoms. The lowest BCUT2D eigenvalue weighted by Crippen LogP contribution is -2.25. The number of ether oxygens (including phenoxy) is 1. The second-order valence-corrected chi connectivity index (χ2v) is 4.60. The van der Waals surface area contributed by atoms with Gasteiger partial charge in [0.05, 0.1) is 13.4 Å². The molecule has 0 aliphatic carbocycles. The van der Waals surface area contributed by atoms with Crippen LogP contribution in [0.2, 0.25) is 0 Å². The topological polar surface area (TPSA) is 62.9 Å². The van der Waals surface area contributed by atoms with E-state index in [0.717, 1.165) is 11.3 Å². The van der Waals surface area contributed by atoms with E-state index in [2.05, 4.69) is 4.90 Å². The summed E-state index contributed by atoms with van der Waals surface area (Å²) in [5.41, 5.74) is 1.80. The molecule has 0 atom stereocenters. The van der Waals surface area contributed by atoms with Crippen LogP contribution in [-0.2, 0) is 11.3 Å². The molecule has 0 amide bonds. The zero-order valence-corrected chi connectivity index (χ0v) is 12.0. The molecule has 5 nitrogen and oxygen atoms in total. The van der Waals surface area contributed by atoms with Gasteiger partial charge in [-0.25, -0.2) is 4.79 Å². The molecule has 2 aromatic rings. The zero-order chi connectivity index (χ0) is 15.1. The molecular weight excluding hydrogens is 270 g/mol. The van der Waals surface area contributed by atoms with E-state index in [-0.39, 0.29) is 12.4 Å². The van der Waals surface area contributed by atoms with E-state index in [9.17, 15) is 4.79 Å². The Morgan fingerprint density at radius 1 is 1.29 bits per heavy atom. The molecular formula is C16H19NO4. The van der Waals surface area contributed by atoms with Crippen molar-refractivity contribution in [1.29, 1.82) is 0 Å². The van der Waals surface area contributed by atoms with Crippen molar-refractivity contribution in [3.05, 3.63) is 54.0 Å². The highest BCUT2D eigenvalue weighted by molar-refractivity contribution is 5.87. The molecule has 0 aliphatic heterocycles. The molecule has 1 heterocycles. The summed E-state index contributed by atoms with van der Waals surface area (Å²) in [5.74, 6) is -0.257. The van der Waals surface area contributed by atoms with Crippen LogP contribution in [0.3, 0.4) is 0 Å². The Balaban J connectivity index is 2.19. The van der Waals surface area contributed by atoms with Crippen molar-refractivity contribution in [1.82, 2.24) is 0 Å². The molecule has 0 saturated heterocycles. The fraction of sp³-hybridized carbons (Fsp3) is 0.312. The SMILES string of the molecule is COC(=O)c1occc1CN(CCCO)c1ccccc1. The Morgan fingerprint density at radius 2 is 2.05 bits per heavy atom. The minimum absolute atomic E-state index is 0.124. The van der Waals surface area contributed by atoms with Crippen molar-refractivity contribution < 1.29 is 19.1 Å². The standard InChI is InChI=1S/C16H19NO4/c1-20-16(19)15-13(8-11-21-15)12-17(9-5-10-18)14-6-3-2-4-7-14/h2-4,6-8,11,18H,5,9-10,12H2,1H3. The van der Waals surface area contributed by atoms with Gasteiger partial charge in [0.1, 0.15) is 0 Å². The summed E-state index contributed by atoms with van der Waals surface area (Å²) in [4.78, 5) is 13.7. The normalized spacial score (nSPS) is 10.4. The molecule has 112 valence electrons. The monoisotopic (exact) mass is 289 g/mol. The summed E-state index contributed by atoms with van der Waals surface area (Å²) in [6.07, 6.45) is 2.14. The van der Waals surface area contributed by atoms with Crippen LogP contribution in [0.5, 0.6) is 0 Å². The number of hydrogen-bond acceptors (Lipinski definition) is 5. The summed E-state index contributed by atoms with van der Waals surface area (Å²) >= 11 is 0. The summed E-state index contributed by atoms with van der Waals surface area (Å²) in [7, 11) is 1.33. The highest BCUT2D eigenvalue weighted by Crippen LogP contribution is 2.20. The molecule has 0 aliphatic rings. The van der Waals surface area contributed by atoms with Crippen LogP contribution in [0.25, 0.3) is 0 Å². The number of carbonyl (C=O) groups excluding carboxylic acids is 1. The Kier molecular flexibility index (Phi) is 5.40. The van der Waals surface area contributed by atoms with E-state index < -0.39 is 5.97 Å². The number of furan rings is 1. The molecule has 2 rings (SSSR count). The summed E-state index contributed by atoms with van der Waals surface area (Å²) in [6, 6.07) is 11.6.